The van der Waals surface area contributed by atoms with Crippen LogP contribution < -0.4 is 5.73 Å². The van der Waals surface area contributed by atoms with E-state index in [2.05, 4.69) is 29.8 Å². The fourth-order valence-corrected chi connectivity index (χ4v) is 1.28. The van der Waals surface area contributed by atoms with Crippen molar-refractivity contribution >= 4 is 21.8 Å². The predicted octanol–water partition coefficient (Wildman–Crippen LogP) is 1.28. The first-order chi connectivity index (χ1) is 4.04. The summed E-state index contributed by atoms with van der Waals surface area (Å²) >= 11 is 3.17. The molecule has 9 heavy (non-hydrogen) atoms. The molecule has 0 aliphatic carbocycles. The van der Waals surface area contributed by atoms with Gasteiger partial charge in [-0.2, -0.15) is 0 Å². The van der Waals surface area contributed by atoms with Crippen LogP contribution in [0.3, 0.4) is 0 Å². The second-order valence-corrected chi connectivity index (χ2v) is 3.60. The van der Waals surface area contributed by atoms with E-state index in [1.165, 1.54) is 0 Å². The highest BCUT2D eigenvalue weighted by molar-refractivity contribution is 9.10. The zero-order chi connectivity index (χ0) is 7.44. The lowest BCUT2D eigenvalue weighted by atomic mass is 10.1. The van der Waals surface area contributed by atoms with Crippen molar-refractivity contribution < 1.29 is 4.79 Å². The van der Waals surface area contributed by atoms with Crippen LogP contribution in [0.5, 0.6) is 0 Å². The molecule has 2 N–H and O–H groups in total. The van der Waals surface area contributed by atoms with Gasteiger partial charge in [0.25, 0.3) is 0 Å². The van der Waals surface area contributed by atoms with Crippen LogP contribution in [0.2, 0.25) is 0 Å². The summed E-state index contributed by atoms with van der Waals surface area (Å²) in [6.07, 6.45) is 0.815. The van der Waals surface area contributed by atoms with Crippen LogP contribution in [0.25, 0.3) is 0 Å². The average Bonchev–Trinajstić information content (AvgIpc) is 1.63. The Balaban J connectivity index is 3.50. The van der Waals surface area contributed by atoms with Gasteiger partial charge in [-0.1, -0.05) is 29.8 Å². The number of rotatable bonds is 3. The number of nitrogens with two attached hydrogens (primary N) is 1. The molecule has 0 aliphatic heterocycles. The molecular weight excluding hydrogens is 182 g/mol. The minimum absolute atomic E-state index is 0.155. The maximum absolute atomic E-state index is 10.4. The lowest BCUT2D eigenvalue weighted by Gasteiger charge is -2.06. The molecule has 0 aromatic rings. The Hall–Kier alpha value is -0.0500. The summed E-state index contributed by atoms with van der Waals surface area (Å²) in [6, 6.07) is 0. The zero-order valence-corrected chi connectivity index (χ0v) is 7.31. The van der Waals surface area contributed by atoms with Crippen LogP contribution in [-0.2, 0) is 4.79 Å². The van der Waals surface area contributed by atoms with Crippen molar-refractivity contribution in [3.05, 3.63) is 0 Å². The van der Waals surface area contributed by atoms with Crippen molar-refractivity contribution in [2.24, 2.45) is 11.7 Å². The van der Waals surface area contributed by atoms with E-state index in [0.717, 1.165) is 6.42 Å². The summed E-state index contributed by atoms with van der Waals surface area (Å²) in [7, 11) is 0. The summed E-state index contributed by atoms with van der Waals surface area (Å²) in [5.41, 5.74) is 5.00. The molecule has 1 amide bonds. The van der Waals surface area contributed by atoms with Gasteiger partial charge in [0.15, 0.2) is 0 Å². The van der Waals surface area contributed by atoms with Gasteiger partial charge >= 0.3 is 0 Å². The van der Waals surface area contributed by atoms with Gasteiger partial charge in [0.2, 0.25) is 5.91 Å². The van der Waals surface area contributed by atoms with Crippen LogP contribution in [0, 0.1) is 5.92 Å². The number of alkyl halides is 1. The predicted molar refractivity (Wildman–Crippen MR) is 41.4 cm³/mol. The van der Waals surface area contributed by atoms with Gasteiger partial charge < -0.3 is 5.73 Å². The van der Waals surface area contributed by atoms with Crippen molar-refractivity contribution in [2.45, 2.75) is 25.1 Å². The summed E-state index contributed by atoms with van der Waals surface area (Å²) < 4.78 is 0. The lowest BCUT2D eigenvalue weighted by molar-refractivity contribution is -0.117. The van der Waals surface area contributed by atoms with Crippen LogP contribution >= 0.6 is 15.9 Å². The second kappa shape index (κ2) is 3.88. The molecule has 0 heterocycles. The molecule has 0 radical (unpaired) electrons. The van der Waals surface area contributed by atoms with E-state index in [-0.39, 0.29) is 10.7 Å². The Morgan fingerprint density at radius 1 is 1.67 bits per heavy atom. The summed E-state index contributed by atoms with van der Waals surface area (Å²) in [5.74, 6) is 0.241. The molecule has 1 atom stereocenters. The third-order valence-corrected chi connectivity index (χ3v) is 1.81. The van der Waals surface area contributed by atoms with Gasteiger partial charge in [0.1, 0.15) is 0 Å². The van der Waals surface area contributed by atoms with Gasteiger partial charge in [-0.15, -0.1) is 0 Å². The number of hydrogen-bond acceptors (Lipinski definition) is 1. The third kappa shape index (κ3) is 4.45. The SMILES string of the molecule is CC(C)CC(Br)C(N)=O. The minimum atomic E-state index is -0.274. The number of primary amides is 1. The molecular formula is C6H12BrNO. The van der Waals surface area contributed by atoms with Crippen molar-refractivity contribution in [1.82, 2.24) is 0 Å². The maximum atomic E-state index is 10.4. The second-order valence-electron chi connectivity index (χ2n) is 2.50. The van der Waals surface area contributed by atoms with Gasteiger partial charge in [0, 0.05) is 0 Å². The largest absolute Gasteiger partial charge is 0.369 e. The van der Waals surface area contributed by atoms with Gasteiger partial charge in [-0.25, -0.2) is 0 Å². The van der Waals surface area contributed by atoms with E-state index in [9.17, 15) is 4.79 Å². The number of halogens is 1. The van der Waals surface area contributed by atoms with Crippen LogP contribution in [-0.4, -0.2) is 10.7 Å². The van der Waals surface area contributed by atoms with E-state index in [4.69, 9.17) is 5.73 Å². The highest BCUT2D eigenvalue weighted by atomic mass is 79.9. The number of hydrogen-bond donors (Lipinski definition) is 1. The van der Waals surface area contributed by atoms with Gasteiger partial charge in [-0.3, -0.25) is 4.79 Å². The molecule has 0 rings (SSSR count). The standard InChI is InChI=1S/C6H12BrNO/c1-4(2)3-5(7)6(8)9/h4-5H,3H2,1-2H3,(H2,8,9). The summed E-state index contributed by atoms with van der Waals surface area (Å²) in [5, 5.41) is 0. The van der Waals surface area contributed by atoms with Crippen LogP contribution in [0.1, 0.15) is 20.3 Å². The number of amides is 1. The van der Waals surface area contributed by atoms with E-state index >= 15 is 0 Å². The first-order valence-electron chi connectivity index (χ1n) is 2.97. The number of carbonyl (C=O) groups is 1. The van der Waals surface area contributed by atoms with E-state index in [1.807, 2.05) is 0 Å². The molecule has 54 valence electrons. The Kier molecular flexibility index (Phi) is 3.86. The first-order valence-corrected chi connectivity index (χ1v) is 3.89. The van der Waals surface area contributed by atoms with Crippen LogP contribution in [0.15, 0.2) is 0 Å². The third-order valence-electron chi connectivity index (χ3n) is 0.987. The van der Waals surface area contributed by atoms with Gasteiger partial charge in [-0.05, 0) is 12.3 Å². The van der Waals surface area contributed by atoms with Crippen molar-refractivity contribution in [1.29, 1.82) is 0 Å². The van der Waals surface area contributed by atoms with E-state index < -0.39 is 0 Å². The fourth-order valence-electron chi connectivity index (χ4n) is 0.530. The Bertz CT molecular complexity index is 103. The topological polar surface area (TPSA) is 43.1 Å². The molecule has 0 aliphatic rings. The lowest BCUT2D eigenvalue weighted by Crippen LogP contribution is -2.24. The monoisotopic (exact) mass is 193 g/mol. The highest BCUT2D eigenvalue weighted by Gasteiger charge is 2.11. The van der Waals surface area contributed by atoms with Crippen molar-refractivity contribution in [2.75, 3.05) is 0 Å². The zero-order valence-electron chi connectivity index (χ0n) is 5.73. The van der Waals surface area contributed by atoms with Crippen molar-refractivity contribution in [3.63, 3.8) is 0 Å². The maximum Gasteiger partial charge on any atom is 0.231 e. The molecule has 3 heteroatoms. The molecule has 0 aromatic heterocycles. The Morgan fingerprint density at radius 2 is 2.11 bits per heavy atom. The highest BCUT2D eigenvalue weighted by Crippen LogP contribution is 2.11. The average molecular weight is 194 g/mol. The molecule has 2 nitrogen and oxygen atoms in total. The Labute approximate surface area is 63.9 Å². The quantitative estimate of drug-likeness (QED) is 0.675. The normalized spacial score (nSPS) is 13.8. The van der Waals surface area contributed by atoms with Crippen molar-refractivity contribution in [3.8, 4) is 0 Å². The first kappa shape index (κ1) is 8.95. The number of carbonyl (C=O) groups excluding carboxylic acids is 1. The molecule has 0 fully saturated rings. The molecule has 0 saturated carbocycles. The van der Waals surface area contributed by atoms with E-state index in [0.29, 0.717) is 5.92 Å². The summed E-state index contributed by atoms with van der Waals surface area (Å²) in [6.45, 7) is 4.11. The molecule has 0 saturated heterocycles. The van der Waals surface area contributed by atoms with Gasteiger partial charge in [0.05, 0.1) is 4.83 Å². The Morgan fingerprint density at radius 3 is 2.22 bits per heavy atom. The molecule has 0 bridgehead atoms. The molecule has 0 aromatic carbocycles. The molecule has 1 unspecified atom stereocenters. The smallest absolute Gasteiger partial charge is 0.231 e. The molecule has 0 spiro atoms. The summed E-state index contributed by atoms with van der Waals surface area (Å²) in [4.78, 5) is 10.3. The fraction of sp³-hybridized carbons (Fsp3) is 0.833. The minimum Gasteiger partial charge on any atom is -0.369 e. The van der Waals surface area contributed by atoms with Crippen LogP contribution in [0.4, 0.5) is 0 Å². The van der Waals surface area contributed by atoms with E-state index in [1.54, 1.807) is 0 Å².